The summed E-state index contributed by atoms with van der Waals surface area (Å²) in [4.78, 5) is 0. The minimum Gasteiger partial charge on any atom is -0.416 e. The van der Waals surface area contributed by atoms with Crippen LogP contribution in [0.2, 0.25) is 18.1 Å². The topological polar surface area (TPSA) is 27.7 Å². The zero-order valence-corrected chi connectivity index (χ0v) is 17.5. The number of allylic oxidation sites excluding steroid dienone is 1. The number of hydrogen-bond donors (Lipinski definition) is 0. The molecule has 0 spiro atoms. The number of hydrogen-bond acceptors (Lipinski definition) is 3. The molecular weight excluding hydrogens is 316 g/mol. The van der Waals surface area contributed by atoms with Crippen molar-refractivity contribution in [3.63, 3.8) is 0 Å². The van der Waals surface area contributed by atoms with E-state index in [-0.39, 0.29) is 17.4 Å². The second kappa shape index (κ2) is 8.48. The van der Waals surface area contributed by atoms with Gasteiger partial charge in [0.1, 0.15) is 0 Å². The molecule has 2 aliphatic rings. The number of ether oxygens (including phenoxy) is 2. The first-order chi connectivity index (χ1) is 11.2. The molecule has 1 saturated carbocycles. The largest absolute Gasteiger partial charge is 0.416 e. The van der Waals surface area contributed by atoms with E-state index >= 15 is 0 Å². The molecule has 0 aromatic rings. The van der Waals surface area contributed by atoms with E-state index in [0.29, 0.717) is 11.8 Å². The van der Waals surface area contributed by atoms with Gasteiger partial charge < -0.3 is 13.9 Å². The Morgan fingerprint density at radius 3 is 2.50 bits per heavy atom. The van der Waals surface area contributed by atoms with E-state index in [0.717, 1.165) is 32.5 Å². The highest BCUT2D eigenvalue weighted by atomic mass is 28.4. The smallest absolute Gasteiger partial charge is 0.191 e. The van der Waals surface area contributed by atoms with Gasteiger partial charge in [-0.25, -0.2) is 0 Å². The summed E-state index contributed by atoms with van der Waals surface area (Å²) in [6.45, 7) is 17.2. The van der Waals surface area contributed by atoms with Gasteiger partial charge in [0.25, 0.3) is 0 Å². The van der Waals surface area contributed by atoms with Gasteiger partial charge in [0.05, 0.1) is 6.10 Å². The molecule has 4 atom stereocenters. The van der Waals surface area contributed by atoms with E-state index < -0.39 is 8.32 Å². The van der Waals surface area contributed by atoms with Gasteiger partial charge in [0, 0.05) is 19.1 Å². The van der Waals surface area contributed by atoms with Gasteiger partial charge in [-0.3, -0.25) is 0 Å². The van der Waals surface area contributed by atoms with Crippen LogP contribution < -0.4 is 0 Å². The highest BCUT2D eigenvalue weighted by Crippen LogP contribution is 2.41. The zero-order valence-electron chi connectivity index (χ0n) is 16.5. The first-order valence-electron chi connectivity index (χ1n) is 9.76. The van der Waals surface area contributed by atoms with Gasteiger partial charge in [0.15, 0.2) is 14.6 Å². The van der Waals surface area contributed by atoms with Crippen molar-refractivity contribution in [2.75, 3.05) is 13.2 Å². The maximum Gasteiger partial charge on any atom is 0.191 e. The minimum atomic E-state index is -1.72. The van der Waals surface area contributed by atoms with E-state index in [9.17, 15) is 0 Å². The summed E-state index contributed by atoms with van der Waals surface area (Å²) >= 11 is 0. The molecule has 4 heteroatoms. The van der Waals surface area contributed by atoms with Crippen molar-refractivity contribution >= 4 is 8.32 Å². The third-order valence-electron chi connectivity index (χ3n) is 6.28. The molecule has 0 bridgehead atoms. The lowest BCUT2D eigenvalue weighted by Crippen LogP contribution is -2.43. The molecule has 140 valence electrons. The fourth-order valence-electron chi connectivity index (χ4n) is 3.56. The molecule has 0 N–H and O–H groups in total. The molecule has 1 heterocycles. The van der Waals surface area contributed by atoms with Crippen LogP contribution in [-0.2, 0) is 13.9 Å². The molecule has 1 aliphatic carbocycles. The first-order valence-corrected chi connectivity index (χ1v) is 12.7. The summed E-state index contributed by atoms with van der Waals surface area (Å²) in [6, 6.07) is 0. The summed E-state index contributed by atoms with van der Waals surface area (Å²) in [5.41, 5.74) is 0. The lowest BCUT2D eigenvalue weighted by Gasteiger charge is -2.38. The second-order valence-electron chi connectivity index (χ2n) is 9.07. The lowest BCUT2D eigenvalue weighted by atomic mass is 9.92. The van der Waals surface area contributed by atoms with E-state index in [4.69, 9.17) is 13.9 Å². The minimum absolute atomic E-state index is 0.00148. The summed E-state index contributed by atoms with van der Waals surface area (Å²) in [6.07, 6.45) is 9.18. The molecule has 0 amide bonds. The predicted octanol–water partition coefficient (Wildman–Crippen LogP) is 5.52. The van der Waals surface area contributed by atoms with Crippen LogP contribution in [0.5, 0.6) is 0 Å². The highest BCUT2D eigenvalue weighted by Gasteiger charge is 2.42. The molecular formula is C20H38O3Si. The van der Waals surface area contributed by atoms with Crippen molar-refractivity contribution in [3.05, 3.63) is 12.7 Å². The molecule has 3 nitrogen and oxygen atoms in total. The molecule has 0 aromatic heterocycles. The second-order valence-corrected chi connectivity index (χ2v) is 13.9. The monoisotopic (exact) mass is 354 g/mol. The van der Waals surface area contributed by atoms with Crippen molar-refractivity contribution in [2.24, 2.45) is 11.8 Å². The van der Waals surface area contributed by atoms with Crippen molar-refractivity contribution in [1.82, 2.24) is 0 Å². The number of rotatable bonds is 7. The Balaban J connectivity index is 1.97. The quantitative estimate of drug-likeness (QED) is 0.445. The van der Waals surface area contributed by atoms with Crippen LogP contribution >= 0.6 is 0 Å². The first kappa shape index (κ1) is 20.2. The van der Waals surface area contributed by atoms with E-state index in [2.05, 4.69) is 46.5 Å². The highest BCUT2D eigenvalue weighted by molar-refractivity contribution is 6.74. The Kier molecular flexibility index (Phi) is 7.12. The Bertz CT molecular complexity index is 396. The Morgan fingerprint density at radius 2 is 1.92 bits per heavy atom. The normalized spacial score (nSPS) is 32.0. The van der Waals surface area contributed by atoms with E-state index in [1.165, 1.54) is 19.3 Å². The molecule has 2 rings (SSSR count). The zero-order chi connectivity index (χ0) is 17.8. The Labute approximate surface area is 150 Å². The molecule has 0 aromatic carbocycles. The Hall–Kier alpha value is -0.163. The third-order valence-corrected chi connectivity index (χ3v) is 10.8. The average molecular weight is 355 g/mol. The average Bonchev–Trinajstić information content (AvgIpc) is 2.87. The van der Waals surface area contributed by atoms with Crippen LogP contribution in [0.3, 0.4) is 0 Å². The van der Waals surface area contributed by atoms with Crippen LogP contribution in [0.4, 0.5) is 0 Å². The SMILES string of the molecule is C=CC[C@@H]1CC[C@H](OC2CCCCO2)[C@H]1CO[Si](C)(C)C(C)(C)C. The molecule has 0 radical (unpaired) electrons. The third kappa shape index (κ3) is 5.17. The molecule has 2 fully saturated rings. The van der Waals surface area contributed by atoms with E-state index in [1.807, 2.05) is 0 Å². The summed E-state index contributed by atoms with van der Waals surface area (Å²) in [5.74, 6) is 1.11. The standard InChI is InChI=1S/C20H38O3Si/c1-7-10-16-12-13-18(23-19-11-8-9-14-21-19)17(16)15-22-24(5,6)20(2,3)4/h7,16-19H,1,8-15H2,2-6H3/t16-,17+,18+,19?/m1/s1. The van der Waals surface area contributed by atoms with Crippen LogP contribution in [0, 0.1) is 11.8 Å². The van der Waals surface area contributed by atoms with Crippen molar-refractivity contribution in [2.45, 2.75) is 89.8 Å². The van der Waals surface area contributed by atoms with Gasteiger partial charge in [-0.1, -0.05) is 26.8 Å². The van der Waals surface area contributed by atoms with Gasteiger partial charge in [-0.05, 0) is 62.6 Å². The Morgan fingerprint density at radius 1 is 1.17 bits per heavy atom. The van der Waals surface area contributed by atoms with Crippen molar-refractivity contribution in [1.29, 1.82) is 0 Å². The fourth-order valence-corrected chi connectivity index (χ4v) is 4.61. The molecule has 1 saturated heterocycles. The predicted molar refractivity (Wildman–Crippen MR) is 103 cm³/mol. The van der Waals surface area contributed by atoms with Crippen LogP contribution in [-0.4, -0.2) is 33.9 Å². The van der Waals surface area contributed by atoms with Crippen LogP contribution in [0.1, 0.15) is 59.3 Å². The van der Waals surface area contributed by atoms with Gasteiger partial charge >= 0.3 is 0 Å². The van der Waals surface area contributed by atoms with Gasteiger partial charge in [0.2, 0.25) is 0 Å². The lowest BCUT2D eigenvalue weighted by molar-refractivity contribution is -0.197. The van der Waals surface area contributed by atoms with Crippen molar-refractivity contribution in [3.8, 4) is 0 Å². The summed E-state index contributed by atoms with van der Waals surface area (Å²) < 4.78 is 18.7. The van der Waals surface area contributed by atoms with Crippen LogP contribution in [0.25, 0.3) is 0 Å². The summed E-state index contributed by atoms with van der Waals surface area (Å²) in [7, 11) is -1.72. The van der Waals surface area contributed by atoms with Gasteiger partial charge in [-0.2, -0.15) is 0 Å². The maximum atomic E-state index is 6.56. The van der Waals surface area contributed by atoms with Crippen molar-refractivity contribution < 1.29 is 13.9 Å². The maximum absolute atomic E-state index is 6.56. The molecule has 1 aliphatic heterocycles. The summed E-state index contributed by atoms with van der Waals surface area (Å²) in [5, 5.41) is 0.252. The molecule has 24 heavy (non-hydrogen) atoms. The van der Waals surface area contributed by atoms with E-state index in [1.54, 1.807) is 0 Å². The molecule has 1 unspecified atom stereocenters. The fraction of sp³-hybridized carbons (Fsp3) is 0.900. The van der Waals surface area contributed by atoms with Crippen LogP contribution in [0.15, 0.2) is 12.7 Å². The van der Waals surface area contributed by atoms with Gasteiger partial charge in [-0.15, -0.1) is 6.58 Å².